The first-order chi connectivity index (χ1) is 11.1. The molecule has 0 unspecified atom stereocenters. The van der Waals surface area contributed by atoms with Gasteiger partial charge in [-0.25, -0.2) is 0 Å². The number of hydrogen-bond acceptors (Lipinski definition) is 6. The molecule has 0 aliphatic carbocycles. The van der Waals surface area contributed by atoms with Crippen LogP contribution in [0.25, 0.3) is 0 Å². The minimum atomic E-state index is 0.208. The molecule has 0 saturated carbocycles. The molecule has 23 heavy (non-hydrogen) atoms. The van der Waals surface area contributed by atoms with Gasteiger partial charge in [0.2, 0.25) is 6.79 Å². The minimum absolute atomic E-state index is 0.208. The molecule has 0 saturated heterocycles. The number of benzene rings is 1. The number of hydrazone groups is 2. The summed E-state index contributed by atoms with van der Waals surface area (Å²) in [6.45, 7) is 0.208. The summed E-state index contributed by atoms with van der Waals surface area (Å²) in [5, 5.41) is 14.6. The zero-order valence-corrected chi connectivity index (χ0v) is 14.2. The van der Waals surface area contributed by atoms with Crippen LogP contribution in [0.5, 0.6) is 11.5 Å². The van der Waals surface area contributed by atoms with Gasteiger partial charge in [0.15, 0.2) is 21.7 Å². The molecular weight excluding hydrogens is 336 g/mol. The molecule has 0 spiro atoms. The van der Waals surface area contributed by atoms with Crippen LogP contribution in [0.4, 0.5) is 0 Å². The van der Waals surface area contributed by atoms with Crippen molar-refractivity contribution in [1.29, 1.82) is 0 Å². The Morgan fingerprint density at radius 3 is 2.52 bits per heavy atom. The fraction of sp³-hybridized carbons (Fsp3) is 0.231. The standard InChI is InChI=1S/C13H16N6O2S2/c1-14-12(22)18-16-6-9(17-19-13(23)15-2)8-3-4-10-11(5-8)21-7-20-10/h3-6H,7H2,1-2H3,(H2,14,18,22)(H2,15,19,23)/b16-6+,17-9-. The van der Waals surface area contributed by atoms with Crippen LogP contribution in [0, 0.1) is 0 Å². The molecule has 0 atom stereocenters. The van der Waals surface area contributed by atoms with Gasteiger partial charge in [-0.15, -0.1) is 0 Å². The molecule has 0 aromatic heterocycles. The monoisotopic (exact) mass is 352 g/mol. The van der Waals surface area contributed by atoms with Crippen LogP contribution < -0.4 is 31.0 Å². The summed E-state index contributed by atoms with van der Waals surface area (Å²) in [6.07, 6.45) is 1.52. The van der Waals surface area contributed by atoms with E-state index in [0.29, 0.717) is 27.4 Å². The van der Waals surface area contributed by atoms with Gasteiger partial charge >= 0.3 is 0 Å². The van der Waals surface area contributed by atoms with Crippen molar-refractivity contribution in [2.45, 2.75) is 0 Å². The van der Waals surface area contributed by atoms with Gasteiger partial charge in [0.25, 0.3) is 0 Å². The summed E-state index contributed by atoms with van der Waals surface area (Å²) in [5.41, 5.74) is 6.70. The molecule has 0 bridgehead atoms. The molecule has 122 valence electrons. The molecule has 1 aliphatic rings. The molecule has 10 heteroatoms. The number of nitrogens with zero attached hydrogens (tertiary/aromatic N) is 2. The van der Waals surface area contributed by atoms with Crippen molar-refractivity contribution in [3.05, 3.63) is 23.8 Å². The first-order valence-corrected chi connectivity index (χ1v) is 7.42. The maximum Gasteiger partial charge on any atom is 0.231 e. The zero-order chi connectivity index (χ0) is 16.7. The van der Waals surface area contributed by atoms with E-state index in [2.05, 4.69) is 31.7 Å². The molecule has 1 aliphatic heterocycles. The van der Waals surface area contributed by atoms with E-state index in [1.54, 1.807) is 14.1 Å². The van der Waals surface area contributed by atoms with Crippen molar-refractivity contribution in [1.82, 2.24) is 21.5 Å². The normalized spacial score (nSPS) is 12.9. The number of ether oxygens (including phenoxy) is 2. The quantitative estimate of drug-likeness (QED) is 0.349. The van der Waals surface area contributed by atoms with Crippen molar-refractivity contribution in [3.8, 4) is 11.5 Å². The second kappa shape index (κ2) is 8.25. The van der Waals surface area contributed by atoms with Gasteiger partial charge in [-0.05, 0) is 42.6 Å². The highest BCUT2D eigenvalue weighted by molar-refractivity contribution is 7.80. The maximum absolute atomic E-state index is 5.37. The Bertz CT molecular complexity index is 662. The van der Waals surface area contributed by atoms with E-state index >= 15 is 0 Å². The summed E-state index contributed by atoms with van der Waals surface area (Å²) in [6, 6.07) is 5.47. The molecule has 0 amide bonds. The van der Waals surface area contributed by atoms with Gasteiger partial charge in [-0.3, -0.25) is 10.9 Å². The molecule has 1 heterocycles. The molecule has 0 radical (unpaired) electrons. The number of nitrogens with one attached hydrogen (secondary N) is 4. The van der Waals surface area contributed by atoms with Gasteiger partial charge in [0.1, 0.15) is 5.71 Å². The highest BCUT2D eigenvalue weighted by atomic mass is 32.1. The lowest BCUT2D eigenvalue weighted by atomic mass is 10.1. The van der Waals surface area contributed by atoms with E-state index in [1.165, 1.54) is 6.21 Å². The molecule has 4 N–H and O–H groups in total. The average Bonchev–Trinajstić information content (AvgIpc) is 3.04. The fourth-order valence-electron chi connectivity index (χ4n) is 1.60. The van der Waals surface area contributed by atoms with Crippen molar-refractivity contribution >= 4 is 46.6 Å². The lowest BCUT2D eigenvalue weighted by Crippen LogP contribution is -2.30. The summed E-state index contributed by atoms with van der Waals surface area (Å²) in [4.78, 5) is 0. The zero-order valence-electron chi connectivity index (χ0n) is 12.5. The van der Waals surface area contributed by atoms with Crippen molar-refractivity contribution in [2.24, 2.45) is 10.2 Å². The van der Waals surface area contributed by atoms with E-state index in [0.717, 1.165) is 5.56 Å². The first kappa shape index (κ1) is 16.9. The predicted octanol–water partition coefficient (Wildman–Crippen LogP) is 0.293. The van der Waals surface area contributed by atoms with Crippen LogP contribution >= 0.6 is 24.4 Å². The Morgan fingerprint density at radius 2 is 1.78 bits per heavy atom. The lowest BCUT2D eigenvalue weighted by Gasteiger charge is -2.06. The van der Waals surface area contributed by atoms with Crippen LogP contribution in [0.1, 0.15) is 5.56 Å². The topological polar surface area (TPSA) is 91.3 Å². The van der Waals surface area contributed by atoms with E-state index in [1.807, 2.05) is 18.2 Å². The highest BCUT2D eigenvalue weighted by Gasteiger charge is 2.15. The lowest BCUT2D eigenvalue weighted by molar-refractivity contribution is 0.174. The van der Waals surface area contributed by atoms with Crippen molar-refractivity contribution in [3.63, 3.8) is 0 Å². The number of hydrogen-bond donors (Lipinski definition) is 4. The predicted molar refractivity (Wildman–Crippen MR) is 97.2 cm³/mol. The maximum atomic E-state index is 5.37. The van der Waals surface area contributed by atoms with Crippen molar-refractivity contribution in [2.75, 3.05) is 20.9 Å². The van der Waals surface area contributed by atoms with Gasteiger partial charge in [-0.1, -0.05) is 0 Å². The number of fused-ring (bicyclic) bond motifs is 1. The Kier molecular flexibility index (Phi) is 6.06. The van der Waals surface area contributed by atoms with E-state index < -0.39 is 0 Å². The Morgan fingerprint density at radius 1 is 1.09 bits per heavy atom. The summed E-state index contributed by atoms with van der Waals surface area (Å²) < 4.78 is 10.7. The smallest absolute Gasteiger partial charge is 0.231 e. The molecule has 8 nitrogen and oxygen atoms in total. The van der Waals surface area contributed by atoms with Crippen molar-refractivity contribution < 1.29 is 9.47 Å². The van der Waals surface area contributed by atoms with E-state index in [9.17, 15) is 0 Å². The third-order valence-corrected chi connectivity index (χ3v) is 3.34. The van der Waals surface area contributed by atoms with Gasteiger partial charge < -0.3 is 20.1 Å². The highest BCUT2D eigenvalue weighted by Crippen LogP contribution is 2.32. The first-order valence-electron chi connectivity index (χ1n) is 6.60. The Balaban J connectivity index is 2.21. The summed E-state index contributed by atoms with van der Waals surface area (Å²) in [7, 11) is 3.40. The van der Waals surface area contributed by atoms with Gasteiger partial charge in [-0.2, -0.15) is 10.2 Å². The minimum Gasteiger partial charge on any atom is -0.454 e. The third kappa shape index (κ3) is 4.76. The van der Waals surface area contributed by atoms with Crippen LogP contribution in [-0.4, -0.2) is 43.0 Å². The number of thiocarbonyl (C=S) groups is 2. The molecule has 2 rings (SSSR count). The molecule has 1 aromatic rings. The molecule has 0 fully saturated rings. The van der Waals surface area contributed by atoms with Crippen LogP contribution in [0.15, 0.2) is 28.4 Å². The third-order valence-electron chi connectivity index (χ3n) is 2.75. The van der Waals surface area contributed by atoms with Crippen LogP contribution in [0.2, 0.25) is 0 Å². The fourth-order valence-corrected chi connectivity index (χ4v) is 1.70. The van der Waals surface area contributed by atoms with E-state index in [4.69, 9.17) is 33.9 Å². The Hall–Kier alpha value is -2.46. The average molecular weight is 352 g/mol. The molecule has 1 aromatic carbocycles. The second-order valence-electron chi connectivity index (χ2n) is 4.21. The van der Waals surface area contributed by atoms with E-state index in [-0.39, 0.29) is 6.79 Å². The SMILES string of the molecule is CNC(=S)N/N=C/C(=N/NC(=S)NC)c1ccc2c(c1)OCO2. The molecular formula is C13H16N6O2S2. The largest absolute Gasteiger partial charge is 0.454 e. The Labute approximate surface area is 144 Å². The van der Waals surface area contributed by atoms with Crippen LogP contribution in [-0.2, 0) is 0 Å². The summed E-state index contributed by atoms with van der Waals surface area (Å²) >= 11 is 9.97. The second-order valence-corrected chi connectivity index (χ2v) is 5.02. The van der Waals surface area contributed by atoms with Crippen LogP contribution in [0.3, 0.4) is 0 Å². The van der Waals surface area contributed by atoms with Gasteiger partial charge in [0.05, 0.1) is 6.21 Å². The summed E-state index contributed by atoms with van der Waals surface area (Å²) in [5.74, 6) is 1.34. The number of rotatable bonds is 4. The van der Waals surface area contributed by atoms with Gasteiger partial charge in [0, 0.05) is 19.7 Å².